The number of aryl methyl sites for hydroxylation is 2. The summed E-state index contributed by atoms with van der Waals surface area (Å²) >= 11 is 2.19. The number of alkyl halides is 1. The number of carbonyl (C=O) groups is 2. The zero-order chi connectivity index (χ0) is 25.2. The number of benzene rings is 2. The number of rotatable bonds is 7. The third-order valence-electron chi connectivity index (χ3n) is 6.78. The summed E-state index contributed by atoms with van der Waals surface area (Å²) in [5, 5.41) is 2.66. The second-order valence-corrected chi connectivity index (χ2v) is 12.3. The molecule has 10 heteroatoms. The Labute approximate surface area is 220 Å². The molecule has 2 aromatic carbocycles. The number of anilines is 1. The lowest BCUT2D eigenvalue weighted by atomic mass is 10.1. The monoisotopic (exact) mass is 610 g/mol. The lowest BCUT2D eigenvalue weighted by Gasteiger charge is -2.42. The molecule has 0 saturated carbocycles. The Kier molecular flexibility index (Phi) is 7.60. The Balaban J connectivity index is 1.67. The lowest BCUT2D eigenvalue weighted by Crippen LogP contribution is -2.65. The van der Waals surface area contributed by atoms with Gasteiger partial charge in [-0.3, -0.25) is 9.69 Å². The minimum atomic E-state index is -4.20. The first kappa shape index (κ1) is 25.7. The SMILES string of the molecule is Cc1ccc(C)c(N2CCN(C(=O)[C@@]3(S(=O)(=O)c4ccccc4)CNC(=O)N3CCCI)CC2)c1. The molecule has 3 amide bonds. The quantitative estimate of drug-likeness (QED) is 0.385. The van der Waals surface area contributed by atoms with E-state index in [0.717, 1.165) is 15.7 Å². The molecule has 2 aliphatic rings. The summed E-state index contributed by atoms with van der Waals surface area (Å²) in [7, 11) is -4.20. The highest BCUT2D eigenvalue weighted by Crippen LogP contribution is 2.35. The van der Waals surface area contributed by atoms with Gasteiger partial charge in [0.05, 0.1) is 11.4 Å². The van der Waals surface area contributed by atoms with Gasteiger partial charge in [0.2, 0.25) is 14.7 Å². The molecule has 0 bridgehead atoms. The van der Waals surface area contributed by atoms with Gasteiger partial charge >= 0.3 is 6.03 Å². The minimum Gasteiger partial charge on any atom is -0.368 e. The second-order valence-electron chi connectivity index (χ2n) is 9.02. The van der Waals surface area contributed by atoms with Crippen molar-refractivity contribution in [3.63, 3.8) is 0 Å². The fourth-order valence-electron chi connectivity index (χ4n) is 4.85. The van der Waals surface area contributed by atoms with E-state index < -0.39 is 26.6 Å². The molecule has 2 saturated heterocycles. The van der Waals surface area contributed by atoms with E-state index in [1.54, 1.807) is 23.1 Å². The van der Waals surface area contributed by atoms with Gasteiger partial charge in [0, 0.05) is 42.8 Å². The lowest BCUT2D eigenvalue weighted by molar-refractivity contribution is -0.137. The number of halogens is 1. The fraction of sp³-hybridized carbons (Fsp3) is 0.440. The average Bonchev–Trinajstić information content (AvgIpc) is 3.21. The van der Waals surface area contributed by atoms with Gasteiger partial charge in [-0.05, 0) is 49.6 Å². The van der Waals surface area contributed by atoms with Gasteiger partial charge in [0.25, 0.3) is 5.91 Å². The number of nitrogens with one attached hydrogen (secondary N) is 1. The van der Waals surface area contributed by atoms with Crippen LogP contribution in [-0.4, -0.2) is 78.7 Å². The van der Waals surface area contributed by atoms with Gasteiger partial charge in [0.15, 0.2) is 0 Å². The number of piperazine rings is 1. The molecule has 0 spiro atoms. The maximum absolute atomic E-state index is 14.1. The van der Waals surface area contributed by atoms with Crippen LogP contribution in [0.4, 0.5) is 10.5 Å². The van der Waals surface area contributed by atoms with Crippen LogP contribution in [0.5, 0.6) is 0 Å². The van der Waals surface area contributed by atoms with Crippen LogP contribution in [-0.2, 0) is 14.6 Å². The number of carbonyl (C=O) groups excluding carboxylic acids is 2. The molecule has 4 rings (SSSR count). The first-order valence-electron chi connectivity index (χ1n) is 11.7. The molecule has 2 fully saturated rings. The Morgan fingerprint density at radius 2 is 1.74 bits per heavy atom. The van der Waals surface area contributed by atoms with Crippen molar-refractivity contribution in [3.8, 4) is 0 Å². The summed E-state index contributed by atoms with van der Waals surface area (Å²) in [4.78, 5) is 30.1. The third kappa shape index (κ3) is 4.62. The summed E-state index contributed by atoms with van der Waals surface area (Å²) in [6.45, 7) is 5.98. The molecular formula is C25H31IN4O4S. The second kappa shape index (κ2) is 10.3. The molecule has 1 atom stereocenters. The molecule has 0 aromatic heterocycles. The number of sulfone groups is 1. The van der Waals surface area contributed by atoms with Crippen molar-refractivity contribution in [2.24, 2.45) is 0 Å². The highest BCUT2D eigenvalue weighted by Gasteiger charge is 2.62. The van der Waals surface area contributed by atoms with Crippen molar-refractivity contribution < 1.29 is 18.0 Å². The smallest absolute Gasteiger partial charge is 0.319 e. The number of nitrogens with zero attached hydrogens (tertiary/aromatic N) is 3. The van der Waals surface area contributed by atoms with Gasteiger partial charge in [-0.2, -0.15) is 0 Å². The van der Waals surface area contributed by atoms with Crippen molar-refractivity contribution in [3.05, 3.63) is 59.7 Å². The van der Waals surface area contributed by atoms with Crippen LogP contribution in [0.15, 0.2) is 53.4 Å². The van der Waals surface area contributed by atoms with E-state index in [4.69, 9.17) is 0 Å². The predicted molar refractivity (Wildman–Crippen MR) is 145 cm³/mol. The van der Waals surface area contributed by atoms with Crippen molar-refractivity contribution in [1.82, 2.24) is 15.1 Å². The van der Waals surface area contributed by atoms with Crippen LogP contribution < -0.4 is 10.2 Å². The van der Waals surface area contributed by atoms with Crippen molar-refractivity contribution in [1.29, 1.82) is 0 Å². The van der Waals surface area contributed by atoms with Crippen LogP contribution >= 0.6 is 22.6 Å². The van der Waals surface area contributed by atoms with Crippen LogP contribution in [0.25, 0.3) is 0 Å². The highest BCUT2D eigenvalue weighted by atomic mass is 127. The zero-order valence-electron chi connectivity index (χ0n) is 20.0. The Hall–Kier alpha value is -2.34. The van der Waals surface area contributed by atoms with E-state index in [2.05, 4.69) is 64.9 Å². The molecule has 1 N–H and O–H groups in total. The van der Waals surface area contributed by atoms with Gasteiger partial charge in [-0.1, -0.05) is 52.9 Å². The molecule has 0 unspecified atom stereocenters. The molecular weight excluding hydrogens is 579 g/mol. The minimum absolute atomic E-state index is 0.0401. The Morgan fingerprint density at radius 3 is 2.40 bits per heavy atom. The van der Waals surface area contributed by atoms with Crippen LogP contribution in [0.2, 0.25) is 0 Å². The van der Waals surface area contributed by atoms with Gasteiger partial charge < -0.3 is 15.1 Å². The highest BCUT2D eigenvalue weighted by molar-refractivity contribution is 14.1. The molecule has 2 heterocycles. The van der Waals surface area contributed by atoms with Crippen LogP contribution in [0, 0.1) is 13.8 Å². The molecule has 0 aliphatic carbocycles. The Bertz CT molecular complexity index is 1200. The van der Waals surface area contributed by atoms with E-state index in [1.165, 1.54) is 22.6 Å². The molecule has 2 aliphatic heterocycles. The maximum atomic E-state index is 14.1. The van der Waals surface area contributed by atoms with E-state index >= 15 is 0 Å². The molecule has 188 valence electrons. The fourth-order valence-corrected chi connectivity index (χ4v) is 7.18. The van der Waals surface area contributed by atoms with Crippen molar-refractivity contribution >= 4 is 50.1 Å². The van der Waals surface area contributed by atoms with Gasteiger partial charge in [0.1, 0.15) is 0 Å². The summed E-state index contributed by atoms with van der Waals surface area (Å²) < 4.78 is 28.8. The van der Waals surface area contributed by atoms with Crippen LogP contribution in [0.3, 0.4) is 0 Å². The summed E-state index contributed by atoms with van der Waals surface area (Å²) in [6, 6.07) is 13.8. The summed E-state index contributed by atoms with van der Waals surface area (Å²) in [5.41, 5.74) is 3.46. The topological polar surface area (TPSA) is 90.0 Å². The van der Waals surface area contributed by atoms with Crippen molar-refractivity contribution in [2.45, 2.75) is 30.0 Å². The van der Waals surface area contributed by atoms with Gasteiger partial charge in [-0.25, -0.2) is 13.2 Å². The predicted octanol–water partition coefficient (Wildman–Crippen LogP) is 2.97. The number of amides is 3. The normalized spacial score (nSPS) is 20.8. The third-order valence-corrected chi connectivity index (χ3v) is 9.86. The Morgan fingerprint density at radius 1 is 1.06 bits per heavy atom. The first-order valence-corrected chi connectivity index (χ1v) is 14.8. The number of urea groups is 1. The van der Waals surface area contributed by atoms with Crippen molar-refractivity contribution in [2.75, 3.05) is 48.6 Å². The summed E-state index contributed by atoms with van der Waals surface area (Å²) in [6.07, 6.45) is 0.591. The molecule has 2 aromatic rings. The van der Waals surface area contributed by atoms with Crippen LogP contribution in [0.1, 0.15) is 17.5 Å². The van der Waals surface area contributed by atoms with E-state index in [0.29, 0.717) is 32.6 Å². The largest absolute Gasteiger partial charge is 0.368 e. The van der Waals surface area contributed by atoms with E-state index in [9.17, 15) is 18.0 Å². The van der Waals surface area contributed by atoms with E-state index in [-0.39, 0.29) is 18.0 Å². The first-order chi connectivity index (χ1) is 16.7. The maximum Gasteiger partial charge on any atom is 0.319 e. The van der Waals surface area contributed by atoms with Gasteiger partial charge in [-0.15, -0.1) is 0 Å². The summed E-state index contributed by atoms with van der Waals surface area (Å²) in [5.74, 6) is -0.534. The molecule has 0 radical (unpaired) electrons. The zero-order valence-corrected chi connectivity index (χ0v) is 23.0. The molecule has 35 heavy (non-hydrogen) atoms. The average molecular weight is 611 g/mol. The standard InChI is InChI=1S/C25H31IN4O4S/c1-19-9-10-20(2)22(17-19)28-13-15-29(16-14-28)23(31)25(18-27-24(32)30(25)12-6-11-26)35(33,34)21-7-4-3-5-8-21/h3-5,7-10,17H,6,11-16,18H2,1-2H3,(H,27,32)/t25-/m0/s1. The number of hydrogen-bond donors (Lipinski definition) is 1. The molecule has 8 nitrogen and oxygen atoms in total. The number of hydrogen-bond acceptors (Lipinski definition) is 5. The van der Waals surface area contributed by atoms with E-state index in [1.807, 2.05) is 0 Å².